The maximum atomic E-state index is 5.63. The first-order valence-corrected chi connectivity index (χ1v) is 4.51. The van der Waals surface area contributed by atoms with Crippen LogP contribution in [0.15, 0.2) is 0 Å². The van der Waals surface area contributed by atoms with E-state index in [0.717, 1.165) is 19.4 Å². The van der Waals surface area contributed by atoms with Gasteiger partial charge in [0, 0.05) is 7.11 Å². The van der Waals surface area contributed by atoms with E-state index in [4.69, 9.17) is 9.47 Å². The fourth-order valence-electron chi connectivity index (χ4n) is 1.49. The molecule has 2 nitrogen and oxygen atoms in total. The van der Waals surface area contributed by atoms with Crippen LogP contribution in [0.3, 0.4) is 0 Å². The highest BCUT2D eigenvalue weighted by Gasteiger charge is 2.16. The smallest absolute Gasteiger partial charge is 0.0804 e. The Labute approximate surface area is 68.9 Å². The van der Waals surface area contributed by atoms with Gasteiger partial charge in [-0.25, -0.2) is 0 Å². The van der Waals surface area contributed by atoms with Gasteiger partial charge in [-0.05, 0) is 25.7 Å². The second-order valence-corrected chi connectivity index (χ2v) is 3.15. The molecule has 0 amide bonds. The summed E-state index contributed by atoms with van der Waals surface area (Å²) in [5.41, 5.74) is 0. The lowest BCUT2D eigenvalue weighted by Crippen LogP contribution is -2.18. The van der Waals surface area contributed by atoms with Gasteiger partial charge < -0.3 is 9.47 Å². The molecule has 0 radical (unpaired) electrons. The number of hydrogen-bond acceptors (Lipinski definition) is 2. The van der Waals surface area contributed by atoms with Gasteiger partial charge in [-0.3, -0.25) is 0 Å². The van der Waals surface area contributed by atoms with Gasteiger partial charge in [0.15, 0.2) is 0 Å². The normalized spacial score (nSPS) is 33.3. The summed E-state index contributed by atoms with van der Waals surface area (Å²) >= 11 is 0. The van der Waals surface area contributed by atoms with E-state index in [1.54, 1.807) is 7.11 Å². The minimum absolute atomic E-state index is 0.339. The molecule has 66 valence electrons. The molecule has 0 aromatic heterocycles. The Kier molecular flexibility index (Phi) is 3.87. The third-order valence-corrected chi connectivity index (χ3v) is 2.36. The van der Waals surface area contributed by atoms with Crippen molar-refractivity contribution in [2.45, 2.75) is 44.8 Å². The van der Waals surface area contributed by atoms with E-state index in [1.807, 2.05) is 0 Å². The lowest BCUT2D eigenvalue weighted by Gasteiger charge is -2.13. The molecule has 0 aromatic rings. The summed E-state index contributed by atoms with van der Waals surface area (Å²) in [6, 6.07) is 0. The highest BCUT2D eigenvalue weighted by molar-refractivity contribution is 4.66. The summed E-state index contributed by atoms with van der Waals surface area (Å²) in [5, 5.41) is 0. The number of ether oxygens (including phenoxy) is 2. The van der Waals surface area contributed by atoms with E-state index in [9.17, 15) is 0 Å². The monoisotopic (exact) mass is 158 g/mol. The van der Waals surface area contributed by atoms with Crippen molar-refractivity contribution in [1.82, 2.24) is 0 Å². The van der Waals surface area contributed by atoms with Crippen molar-refractivity contribution in [3.8, 4) is 0 Å². The molecule has 2 atom stereocenters. The zero-order valence-electron chi connectivity index (χ0n) is 7.51. The van der Waals surface area contributed by atoms with Gasteiger partial charge in [0.1, 0.15) is 0 Å². The standard InChI is InChI=1S/C9H18O2/c1-3-8-5-4-6-9(10-2)7-11-8/h8-9H,3-7H2,1-2H3. The lowest BCUT2D eigenvalue weighted by atomic mass is 10.1. The van der Waals surface area contributed by atoms with E-state index in [-0.39, 0.29) is 0 Å². The Morgan fingerprint density at radius 2 is 2.27 bits per heavy atom. The Bertz CT molecular complexity index is 91.7. The van der Waals surface area contributed by atoms with E-state index in [1.165, 1.54) is 12.8 Å². The molecule has 1 saturated heterocycles. The Morgan fingerprint density at radius 3 is 2.91 bits per heavy atom. The highest BCUT2D eigenvalue weighted by Crippen LogP contribution is 2.17. The molecule has 0 bridgehead atoms. The molecule has 1 aliphatic rings. The van der Waals surface area contributed by atoms with Crippen LogP contribution in [0.4, 0.5) is 0 Å². The largest absolute Gasteiger partial charge is 0.379 e. The number of rotatable bonds is 2. The fraction of sp³-hybridized carbons (Fsp3) is 1.00. The molecule has 1 rings (SSSR count). The van der Waals surface area contributed by atoms with Crippen LogP contribution in [-0.4, -0.2) is 25.9 Å². The van der Waals surface area contributed by atoms with Crippen molar-refractivity contribution < 1.29 is 9.47 Å². The number of hydrogen-bond donors (Lipinski definition) is 0. The summed E-state index contributed by atoms with van der Waals surface area (Å²) in [6.07, 6.45) is 5.57. The third kappa shape index (κ3) is 2.80. The van der Waals surface area contributed by atoms with Gasteiger partial charge >= 0.3 is 0 Å². The second-order valence-electron chi connectivity index (χ2n) is 3.15. The lowest BCUT2D eigenvalue weighted by molar-refractivity contribution is -0.0142. The maximum absolute atomic E-state index is 5.63. The van der Waals surface area contributed by atoms with Crippen molar-refractivity contribution in [3.63, 3.8) is 0 Å². The first-order chi connectivity index (χ1) is 5.36. The molecule has 1 heterocycles. The second kappa shape index (κ2) is 4.73. The van der Waals surface area contributed by atoms with E-state index in [0.29, 0.717) is 12.2 Å². The summed E-state index contributed by atoms with van der Waals surface area (Å²) in [7, 11) is 1.76. The van der Waals surface area contributed by atoms with Gasteiger partial charge in [0.25, 0.3) is 0 Å². The third-order valence-electron chi connectivity index (χ3n) is 2.36. The average molecular weight is 158 g/mol. The van der Waals surface area contributed by atoms with Crippen LogP contribution >= 0.6 is 0 Å². The van der Waals surface area contributed by atoms with Gasteiger partial charge in [0.2, 0.25) is 0 Å². The zero-order chi connectivity index (χ0) is 8.10. The maximum Gasteiger partial charge on any atom is 0.0804 e. The molecule has 0 aliphatic carbocycles. The predicted octanol–water partition coefficient (Wildman–Crippen LogP) is 1.98. The SMILES string of the molecule is CCC1CCCC(OC)CO1. The molecule has 2 heteroatoms. The Morgan fingerprint density at radius 1 is 1.45 bits per heavy atom. The summed E-state index contributed by atoms with van der Waals surface area (Å²) in [4.78, 5) is 0. The van der Waals surface area contributed by atoms with Crippen molar-refractivity contribution in [1.29, 1.82) is 0 Å². The fourth-order valence-corrected chi connectivity index (χ4v) is 1.49. The minimum atomic E-state index is 0.339. The molecular weight excluding hydrogens is 140 g/mol. The summed E-state index contributed by atoms with van der Waals surface area (Å²) in [5.74, 6) is 0. The van der Waals surface area contributed by atoms with Crippen LogP contribution in [0.5, 0.6) is 0 Å². The van der Waals surface area contributed by atoms with Crippen molar-refractivity contribution in [2.24, 2.45) is 0 Å². The average Bonchev–Trinajstić information content (AvgIpc) is 2.28. The molecule has 0 spiro atoms. The van der Waals surface area contributed by atoms with Crippen LogP contribution in [0.1, 0.15) is 32.6 Å². The molecule has 0 saturated carbocycles. The van der Waals surface area contributed by atoms with Crippen molar-refractivity contribution >= 4 is 0 Å². The first kappa shape index (κ1) is 9.01. The van der Waals surface area contributed by atoms with Gasteiger partial charge in [-0.1, -0.05) is 6.92 Å². The summed E-state index contributed by atoms with van der Waals surface area (Å²) < 4.78 is 10.9. The van der Waals surface area contributed by atoms with Gasteiger partial charge in [0.05, 0.1) is 18.8 Å². The van der Waals surface area contributed by atoms with Crippen LogP contribution in [0.2, 0.25) is 0 Å². The van der Waals surface area contributed by atoms with Crippen LogP contribution in [0.25, 0.3) is 0 Å². The summed E-state index contributed by atoms with van der Waals surface area (Å²) in [6.45, 7) is 2.97. The molecule has 0 N–H and O–H groups in total. The molecule has 11 heavy (non-hydrogen) atoms. The van der Waals surface area contributed by atoms with E-state index < -0.39 is 0 Å². The zero-order valence-corrected chi connectivity index (χ0v) is 7.51. The highest BCUT2D eigenvalue weighted by atomic mass is 16.5. The molecule has 1 fully saturated rings. The number of methoxy groups -OCH3 is 1. The quantitative estimate of drug-likeness (QED) is 0.611. The van der Waals surface area contributed by atoms with Gasteiger partial charge in [-0.15, -0.1) is 0 Å². The van der Waals surface area contributed by atoms with Crippen LogP contribution in [0, 0.1) is 0 Å². The Hall–Kier alpha value is -0.0800. The van der Waals surface area contributed by atoms with Crippen molar-refractivity contribution in [2.75, 3.05) is 13.7 Å². The molecule has 2 unspecified atom stereocenters. The topological polar surface area (TPSA) is 18.5 Å². The van der Waals surface area contributed by atoms with Gasteiger partial charge in [-0.2, -0.15) is 0 Å². The predicted molar refractivity (Wildman–Crippen MR) is 44.7 cm³/mol. The molecule has 0 aromatic carbocycles. The first-order valence-electron chi connectivity index (χ1n) is 4.51. The molecular formula is C9H18O2. The minimum Gasteiger partial charge on any atom is -0.379 e. The van der Waals surface area contributed by atoms with E-state index in [2.05, 4.69) is 6.92 Å². The molecule has 1 aliphatic heterocycles. The van der Waals surface area contributed by atoms with E-state index >= 15 is 0 Å². The Balaban J connectivity index is 2.27. The van der Waals surface area contributed by atoms with Crippen molar-refractivity contribution in [3.05, 3.63) is 0 Å². The van der Waals surface area contributed by atoms with Crippen LogP contribution < -0.4 is 0 Å². The van der Waals surface area contributed by atoms with Crippen LogP contribution in [-0.2, 0) is 9.47 Å².